The number of carbonyl (C=O) groups is 1. The van der Waals surface area contributed by atoms with Gasteiger partial charge in [0.15, 0.2) is 18.2 Å². The molecule has 7 nitrogen and oxygen atoms in total. The molecule has 0 saturated carbocycles. The van der Waals surface area contributed by atoms with Crippen LogP contribution in [0.3, 0.4) is 0 Å². The van der Waals surface area contributed by atoms with Crippen molar-refractivity contribution in [2.45, 2.75) is 12.8 Å². The molecule has 0 atom stereocenters. The lowest BCUT2D eigenvalue weighted by Crippen LogP contribution is -2.40. The highest BCUT2D eigenvalue weighted by atomic mass is 16.5. The molecule has 1 aliphatic heterocycles. The summed E-state index contributed by atoms with van der Waals surface area (Å²) in [6.45, 7) is 2.74. The van der Waals surface area contributed by atoms with Crippen molar-refractivity contribution >= 4 is 5.91 Å². The zero-order valence-corrected chi connectivity index (χ0v) is 18.1. The minimum Gasteiger partial charge on any atom is -0.497 e. The Morgan fingerprint density at radius 2 is 1.80 bits per heavy atom. The molecule has 1 heterocycles. The van der Waals surface area contributed by atoms with Crippen molar-refractivity contribution in [3.63, 3.8) is 0 Å². The van der Waals surface area contributed by atoms with Crippen LogP contribution in [-0.4, -0.2) is 70.4 Å². The van der Waals surface area contributed by atoms with Crippen LogP contribution < -0.4 is 18.9 Å². The molecule has 0 bridgehead atoms. The minimum absolute atomic E-state index is 0.0110. The first-order valence-corrected chi connectivity index (χ1v) is 10.0. The van der Waals surface area contributed by atoms with Gasteiger partial charge in [-0.25, -0.2) is 0 Å². The number of hydrogen-bond acceptors (Lipinski definition) is 6. The van der Waals surface area contributed by atoms with E-state index in [0.29, 0.717) is 23.6 Å². The second kappa shape index (κ2) is 10.2. The van der Waals surface area contributed by atoms with Crippen LogP contribution in [0.5, 0.6) is 23.0 Å². The molecule has 0 fully saturated rings. The Morgan fingerprint density at radius 1 is 1.00 bits per heavy atom. The maximum Gasteiger partial charge on any atom is 0.260 e. The second-order valence-electron chi connectivity index (χ2n) is 7.30. The zero-order chi connectivity index (χ0) is 21.5. The number of likely N-dealkylation sites (N-methyl/N-ethyl adjacent to an activating group) is 1. The number of nitrogens with zero attached hydrogens (tertiary/aromatic N) is 2. The van der Waals surface area contributed by atoms with E-state index in [2.05, 4.69) is 18.0 Å². The van der Waals surface area contributed by atoms with Crippen LogP contribution in [-0.2, 0) is 6.42 Å². The Bertz CT molecular complexity index is 871. The molecular formula is C23H30N2O5. The van der Waals surface area contributed by atoms with Crippen LogP contribution in [0.1, 0.15) is 22.3 Å². The fourth-order valence-corrected chi connectivity index (χ4v) is 3.47. The molecule has 1 aliphatic rings. The number of carbonyl (C=O) groups excluding carboxylic acids is 1. The van der Waals surface area contributed by atoms with Gasteiger partial charge in [-0.3, -0.25) is 4.79 Å². The zero-order valence-electron chi connectivity index (χ0n) is 18.1. The minimum atomic E-state index is -0.0110. The van der Waals surface area contributed by atoms with E-state index in [4.69, 9.17) is 18.9 Å². The quantitative estimate of drug-likeness (QED) is 0.596. The van der Waals surface area contributed by atoms with Crippen LogP contribution in [0.2, 0.25) is 0 Å². The SMILES string of the molecule is COc1ccc2c(c1)C(=O)N(CCCN(C)CCc1ccc(OC)c(OC)c1)CO2. The van der Waals surface area contributed by atoms with Crippen LogP contribution in [0.25, 0.3) is 0 Å². The summed E-state index contributed by atoms with van der Waals surface area (Å²) in [5, 5.41) is 0. The lowest BCUT2D eigenvalue weighted by atomic mass is 10.1. The highest BCUT2D eigenvalue weighted by Gasteiger charge is 2.25. The second-order valence-corrected chi connectivity index (χ2v) is 7.30. The maximum absolute atomic E-state index is 12.7. The predicted octanol–water partition coefficient (Wildman–Crippen LogP) is 3.07. The summed E-state index contributed by atoms with van der Waals surface area (Å²) < 4.78 is 21.6. The number of rotatable bonds is 10. The van der Waals surface area contributed by atoms with Gasteiger partial charge in [-0.05, 0) is 62.3 Å². The van der Waals surface area contributed by atoms with Crippen LogP contribution in [0, 0.1) is 0 Å². The van der Waals surface area contributed by atoms with Crippen LogP contribution in [0.15, 0.2) is 36.4 Å². The smallest absolute Gasteiger partial charge is 0.260 e. The van der Waals surface area contributed by atoms with Crippen molar-refractivity contribution in [3.05, 3.63) is 47.5 Å². The van der Waals surface area contributed by atoms with E-state index < -0.39 is 0 Å². The lowest BCUT2D eigenvalue weighted by molar-refractivity contribution is 0.0511. The largest absolute Gasteiger partial charge is 0.497 e. The van der Waals surface area contributed by atoms with Gasteiger partial charge in [-0.1, -0.05) is 6.07 Å². The summed E-state index contributed by atoms with van der Waals surface area (Å²) in [7, 11) is 6.97. The normalized spacial score (nSPS) is 13.1. The van der Waals surface area contributed by atoms with Gasteiger partial charge in [0.1, 0.15) is 11.5 Å². The van der Waals surface area contributed by atoms with Gasteiger partial charge in [-0.2, -0.15) is 0 Å². The van der Waals surface area contributed by atoms with Gasteiger partial charge in [-0.15, -0.1) is 0 Å². The number of fused-ring (bicyclic) bond motifs is 1. The monoisotopic (exact) mass is 414 g/mol. The summed E-state index contributed by atoms with van der Waals surface area (Å²) in [5.41, 5.74) is 1.76. The molecule has 0 aromatic heterocycles. The van der Waals surface area contributed by atoms with Crippen molar-refractivity contribution < 1.29 is 23.7 Å². The molecule has 162 valence electrons. The molecule has 0 spiro atoms. The van der Waals surface area contributed by atoms with E-state index in [0.717, 1.165) is 37.4 Å². The third-order valence-electron chi connectivity index (χ3n) is 5.28. The average molecular weight is 415 g/mol. The molecular weight excluding hydrogens is 384 g/mol. The maximum atomic E-state index is 12.7. The molecule has 7 heteroatoms. The molecule has 30 heavy (non-hydrogen) atoms. The molecule has 2 aromatic carbocycles. The number of methoxy groups -OCH3 is 3. The van der Waals surface area contributed by atoms with Crippen molar-refractivity contribution in [2.75, 3.05) is 54.7 Å². The first-order chi connectivity index (χ1) is 14.5. The summed E-state index contributed by atoms with van der Waals surface area (Å²) in [6.07, 6.45) is 1.78. The van der Waals surface area contributed by atoms with Gasteiger partial charge in [0, 0.05) is 13.1 Å². The van der Waals surface area contributed by atoms with Gasteiger partial charge >= 0.3 is 0 Å². The number of benzene rings is 2. The van der Waals surface area contributed by atoms with Crippen molar-refractivity contribution in [2.24, 2.45) is 0 Å². The molecule has 0 N–H and O–H groups in total. The molecule has 0 aliphatic carbocycles. The number of ether oxygens (including phenoxy) is 4. The van der Waals surface area contributed by atoms with Gasteiger partial charge in [0.05, 0.1) is 26.9 Å². The molecule has 3 rings (SSSR count). The summed E-state index contributed by atoms with van der Waals surface area (Å²) in [4.78, 5) is 16.7. The standard InChI is InChI=1S/C23H30N2O5/c1-24(13-10-17-6-8-21(28-3)22(14-17)29-4)11-5-12-25-16-30-20-9-7-18(27-2)15-19(20)23(25)26/h6-9,14-15H,5,10-13,16H2,1-4H3. The van der Waals surface area contributed by atoms with E-state index in [1.165, 1.54) is 5.56 Å². The number of amides is 1. The topological polar surface area (TPSA) is 60.5 Å². The third-order valence-corrected chi connectivity index (χ3v) is 5.28. The predicted molar refractivity (Wildman–Crippen MR) is 115 cm³/mol. The molecule has 0 saturated heterocycles. The Morgan fingerprint density at radius 3 is 2.53 bits per heavy atom. The van der Waals surface area contributed by atoms with Crippen molar-refractivity contribution in [1.82, 2.24) is 9.80 Å². The third kappa shape index (κ3) is 5.16. The van der Waals surface area contributed by atoms with E-state index in [-0.39, 0.29) is 12.6 Å². The fourth-order valence-electron chi connectivity index (χ4n) is 3.47. The average Bonchev–Trinajstić information content (AvgIpc) is 2.78. The fraction of sp³-hybridized carbons (Fsp3) is 0.435. The Balaban J connectivity index is 1.45. The van der Waals surface area contributed by atoms with E-state index in [1.54, 1.807) is 44.4 Å². The molecule has 0 radical (unpaired) electrons. The number of hydrogen-bond donors (Lipinski definition) is 0. The summed E-state index contributed by atoms with van der Waals surface area (Å²) in [6, 6.07) is 11.3. The Hall–Kier alpha value is -2.93. The van der Waals surface area contributed by atoms with Gasteiger partial charge in [0.2, 0.25) is 0 Å². The Labute approximate surface area is 178 Å². The molecule has 0 unspecified atom stereocenters. The van der Waals surface area contributed by atoms with Crippen LogP contribution in [0.4, 0.5) is 0 Å². The van der Waals surface area contributed by atoms with E-state index in [1.807, 2.05) is 12.1 Å². The Kier molecular flexibility index (Phi) is 7.41. The van der Waals surface area contributed by atoms with Gasteiger partial charge < -0.3 is 28.7 Å². The highest BCUT2D eigenvalue weighted by Crippen LogP contribution is 2.29. The van der Waals surface area contributed by atoms with E-state index in [9.17, 15) is 4.79 Å². The first kappa shape index (κ1) is 21.8. The molecule has 2 aromatic rings. The summed E-state index contributed by atoms with van der Waals surface area (Å²) >= 11 is 0. The van der Waals surface area contributed by atoms with Crippen LogP contribution >= 0.6 is 0 Å². The first-order valence-electron chi connectivity index (χ1n) is 10.0. The van der Waals surface area contributed by atoms with Crippen molar-refractivity contribution in [1.29, 1.82) is 0 Å². The van der Waals surface area contributed by atoms with Crippen molar-refractivity contribution in [3.8, 4) is 23.0 Å². The summed E-state index contributed by atoms with van der Waals surface area (Å²) in [5.74, 6) is 2.75. The van der Waals surface area contributed by atoms with E-state index >= 15 is 0 Å². The van der Waals surface area contributed by atoms with Gasteiger partial charge in [0.25, 0.3) is 5.91 Å². The lowest BCUT2D eigenvalue weighted by Gasteiger charge is -2.29. The highest BCUT2D eigenvalue weighted by molar-refractivity contribution is 5.98. The molecule has 1 amide bonds.